The molecular weight excluding hydrogens is 252 g/mol. The van der Waals surface area contributed by atoms with Gasteiger partial charge in [-0.2, -0.15) is 5.10 Å². The van der Waals surface area contributed by atoms with Crippen LogP contribution in [-0.4, -0.2) is 23.2 Å². The van der Waals surface area contributed by atoms with Gasteiger partial charge in [0.15, 0.2) is 6.29 Å². The van der Waals surface area contributed by atoms with Crippen LogP contribution in [0.15, 0.2) is 18.3 Å². The van der Waals surface area contributed by atoms with Gasteiger partial charge in [0, 0.05) is 12.6 Å². The first-order chi connectivity index (χ1) is 8.58. The summed E-state index contributed by atoms with van der Waals surface area (Å²) < 4.78 is 6.82. The van der Waals surface area contributed by atoms with Gasteiger partial charge in [-0.3, -0.25) is 9.48 Å². The standard InChI is InChI=1S/C13H13ClN2O2/c1-8-4-12(18-3)11(14)5-10(8)13-9(7-17)6-15-16(13)2/h4-7H,1-3H3. The fourth-order valence-electron chi connectivity index (χ4n) is 1.94. The van der Waals surface area contributed by atoms with E-state index < -0.39 is 0 Å². The number of methoxy groups -OCH3 is 1. The van der Waals surface area contributed by atoms with E-state index >= 15 is 0 Å². The molecule has 0 bridgehead atoms. The fourth-order valence-corrected chi connectivity index (χ4v) is 2.18. The van der Waals surface area contributed by atoms with Crippen LogP contribution >= 0.6 is 11.6 Å². The molecule has 94 valence electrons. The van der Waals surface area contributed by atoms with Crippen LogP contribution in [0.1, 0.15) is 15.9 Å². The van der Waals surface area contributed by atoms with E-state index in [4.69, 9.17) is 16.3 Å². The topological polar surface area (TPSA) is 44.1 Å². The number of aldehydes is 1. The maximum atomic E-state index is 11.0. The van der Waals surface area contributed by atoms with Crippen molar-refractivity contribution in [2.24, 2.45) is 7.05 Å². The molecule has 18 heavy (non-hydrogen) atoms. The van der Waals surface area contributed by atoms with E-state index in [9.17, 15) is 4.79 Å². The number of rotatable bonds is 3. The fraction of sp³-hybridized carbons (Fsp3) is 0.231. The van der Waals surface area contributed by atoms with E-state index in [2.05, 4.69) is 5.10 Å². The molecule has 0 radical (unpaired) electrons. The number of carbonyl (C=O) groups is 1. The van der Waals surface area contributed by atoms with Gasteiger partial charge in [0.05, 0.1) is 29.6 Å². The first-order valence-electron chi connectivity index (χ1n) is 5.40. The molecule has 0 saturated carbocycles. The van der Waals surface area contributed by atoms with Gasteiger partial charge in [-0.1, -0.05) is 11.6 Å². The molecule has 2 aromatic rings. The van der Waals surface area contributed by atoms with E-state index in [1.807, 2.05) is 13.0 Å². The lowest BCUT2D eigenvalue weighted by molar-refractivity contribution is 0.112. The van der Waals surface area contributed by atoms with Crippen molar-refractivity contribution < 1.29 is 9.53 Å². The smallest absolute Gasteiger partial charge is 0.153 e. The van der Waals surface area contributed by atoms with Crippen molar-refractivity contribution in [2.45, 2.75) is 6.92 Å². The Morgan fingerprint density at radius 1 is 1.44 bits per heavy atom. The maximum absolute atomic E-state index is 11.0. The molecule has 1 aromatic carbocycles. The van der Waals surface area contributed by atoms with Crippen LogP contribution in [-0.2, 0) is 7.05 Å². The Balaban J connectivity index is 2.67. The van der Waals surface area contributed by atoms with E-state index in [1.165, 1.54) is 0 Å². The highest BCUT2D eigenvalue weighted by Gasteiger charge is 2.15. The molecular formula is C13H13ClN2O2. The Labute approximate surface area is 110 Å². The summed E-state index contributed by atoms with van der Waals surface area (Å²) in [5.41, 5.74) is 3.15. The third-order valence-corrected chi connectivity index (χ3v) is 3.14. The second-order valence-electron chi connectivity index (χ2n) is 3.99. The van der Waals surface area contributed by atoms with Gasteiger partial charge in [0.1, 0.15) is 5.75 Å². The molecule has 0 fully saturated rings. The van der Waals surface area contributed by atoms with E-state index in [-0.39, 0.29) is 0 Å². The van der Waals surface area contributed by atoms with Crippen LogP contribution < -0.4 is 4.74 Å². The van der Waals surface area contributed by atoms with Crippen LogP contribution in [0.4, 0.5) is 0 Å². The summed E-state index contributed by atoms with van der Waals surface area (Å²) in [6, 6.07) is 3.64. The van der Waals surface area contributed by atoms with Crippen molar-refractivity contribution in [3.05, 3.63) is 34.5 Å². The zero-order valence-electron chi connectivity index (χ0n) is 10.4. The molecule has 2 rings (SSSR count). The third kappa shape index (κ3) is 1.99. The van der Waals surface area contributed by atoms with Gasteiger partial charge in [0.25, 0.3) is 0 Å². The highest BCUT2D eigenvalue weighted by atomic mass is 35.5. The van der Waals surface area contributed by atoms with Gasteiger partial charge < -0.3 is 4.74 Å². The summed E-state index contributed by atoms with van der Waals surface area (Å²) in [7, 11) is 3.36. The number of aryl methyl sites for hydroxylation is 2. The number of hydrogen-bond acceptors (Lipinski definition) is 3. The second kappa shape index (κ2) is 4.82. The van der Waals surface area contributed by atoms with E-state index in [0.29, 0.717) is 16.3 Å². The van der Waals surface area contributed by atoms with Gasteiger partial charge >= 0.3 is 0 Å². The van der Waals surface area contributed by atoms with Crippen LogP contribution in [0.5, 0.6) is 5.75 Å². The molecule has 0 aliphatic carbocycles. The average Bonchev–Trinajstić information content (AvgIpc) is 2.72. The number of nitrogens with zero attached hydrogens (tertiary/aromatic N) is 2. The molecule has 1 heterocycles. The van der Waals surface area contributed by atoms with Crippen LogP contribution in [0, 0.1) is 6.92 Å². The highest BCUT2D eigenvalue weighted by Crippen LogP contribution is 2.34. The summed E-state index contributed by atoms with van der Waals surface area (Å²) in [5.74, 6) is 0.618. The van der Waals surface area contributed by atoms with Gasteiger partial charge in [0.2, 0.25) is 0 Å². The molecule has 0 unspecified atom stereocenters. The number of ether oxygens (including phenoxy) is 1. The molecule has 0 aliphatic rings. The summed E-state index contributed by atoms with van der Waals surface area (Å²) in [6.07, 6.45) is 2.33. The quantitative estimate of drug-likeness (QED) is 0.801. The number of aromatic nitrogens is 2. The third-order valence-electron chi connectivity index (χ3n) is 2.85. The van der Waals surface area contributed by atoms with Gasteiger partial charge in [-0.15, -0.1) is 0 Å². The number of carbonyl (C=O) groups excluding carboxylic acids is 1. The molecule has 1 aromatic heterocycles. The van der Waals surface area contributed by atoms with E-state index in [0.717, 1.165) is 23.1 Å². The minimum Gasteiger partial charge on any atom is -0.495 e. The van der Waals surface area contributed by atoms with Crippen LogP contribution in [0.3, 0.4) is 0 Å². The Morgan fingerprint density at radius 3 is 2.78 bits per heavy atom. The number of benzene rings is 1. The Kier molecular flexibility index (Phi) is 3.39. The lowest BCUT2D eigenvalue weighted by atomic mass is 10.0. The zero-order valence-corrected chi connectivity index (χ0v) is 11.2. The summed E-state index contributed by atoms with van der Waals surface area (Å²) >= 11 is 6.12. The van der Waals surface area contributed by atoms with Crippen LogP contribution in [0.25, 0.3) is 11.3 Å². The van der Waals surface area contributed by atoms with Gasteiger partial charge in [-0.05, 0) is 24.6 Å². The maximum Gasteiger partial charge on any atom is 0.153 e. The minimum absolute atomic E-state index is 0.510. The van der Waals surface area contributed by atoms with Crippen molar-refractivity contribution in [1.82, 2.24) is 9.78 Å². The normalized spacial score (nSPS) is 10.4. The highest BCUT2D eigenvalue weighted by molar-refractivity contribution is 6.32. The van der Waals surface area contributed by atoms with Crippen molar-refractivity contribution in [1.29, 1.82) is 0 Å². The number of halogens is 1. The Morgan fingerprint density at radius 2 is 2.17 bits per heavy atom. The lowest BCUT2D eigenvalue weighted by Gasteiger charge is -2.11. The van der Waals surface area contributed by atoms with Crippen molar-refractivity contribution in [3.8, 4) is 17.0 Å². The second-order valence-corrected chi connectivity index (χ2v) is 4.40. The summed E-state index contributed by atoms with van der Waals surface area (Å²) in [6.45, 7) is 1.94. The van der Waals surface area contributed by atoms with Crippen molar-refractivity contribution in [3.63, 3.8) is 0 Å². The molecule has 0 spiro atoms. The summed E-state index contributed by atoms with van der Waals surface area (Å²) in [4.78, 5) is 11.0. The molecule has 0 saturated heterocycles. The lowest BCUT2D eigenvalue weighted by Crippen LogP contribution is -1.98. The Bertz CT molecular complexity index is 605. The van der Waals surface area contributed by atoms with E-state index in [1.54, 1.807) is 31.1 Å². The first kappa shape index (κ1) is 12.6. The van der Waals surface area contributed by atoms with Crippen molar-refractivity contribution >= 4 is 17.9 Å². The largest absolute Gasteiger partial charge is 0.495 e. The predicted molar refractivity (Wildman–Crippen MR) is 70.3 cm³/mol. The summed E-state index contributed by atoms with van der Waals surface area (Å²) in [5, 5.41) is 4.60. The molecule has 0 atom stereocenters. The average molecular weight is 265 g/mol. The zero-order chi connectivity index (χ0) is 13.3. The van der Waals surface area contributed by atoms with Crippen molar-refractivity contribution in [2.75, 3.05) is 7.11 Å². The van der Waals surface area contributed by atoms with Gasteiger partial charge in [-0.25, -0.2) is 0 Å². The first-order valence-corrected chi connectivity index (χ1v) is 5.78. The Hall–Kier alpha value is -1.81. The monoisotopic (exact) mass is 264 g/mol. The molecule has 4 nitrogen and oxygen atoms in total. The SMILES string of the molecule is COc1cc(C)c(-c2c(C=O)cnn2C)cc1Cl. The minimum atomic E-state index is 0.510. The molecule has 0 amide bonds. The molecule has 5 heteroatoms. The molecule has 0 N–H and O–H groups in total. The van der Waals surface area contributed by atoms with Crippen LogP contribution in [0.2, 0.25) is 5.02 Å². The predicted octanol–water partition coefficient (Wildman–Crippen LogP) is 2.87. The number of hydrogen-bond donors (Lipinski definition) is 0. The molecule has 0 aliphatic heterocycles.